The lowest BCUT2D eigenvalue weighted by Crippen LogP contribution is -2.41. The van der Waals surface area contributed by atoms with Gasteiger partial charge in [0.2, 0.25) is 0 Å². The van der Waals surface area contributed by atoms with Crippen LogP contribution in [0.4, 0.5) is 4.79 Å². The zero-order valence-corrected chi connectivity index (χ0v) is 10.6. The SMILES string of the molecule is CSC1(CNC(=O)NCCOCC(=O)O)CC1. The van der Waals surface area contributed by atoms with Crippen molar-refractivity contribution in [2.45, 2.75) is 17.6 Å². The number of urea groups is 1. The van der Waals surface area contributed by atoms with Gasteiger partial charge in [-0.2, -0.15) is 11.8 Å². The number of hydrogen-bond acceptors (Lipinski definition) is 4. The van der Waals surface area contributed by atoms with E-state index in [1.165, 1.54) is 0 Å². The van der Waals surface area contributed by atoms with E-state index in [9.17, 15) is 9.59 Å². The van der Waals surface area contributed by atoms with Gasteiger partial charge < -0.3 is 20.5 Å². The fourth-order valence-corrected chi connectivity index (χ4v) is 2.02. The predicted molar refractivity (Wildman–Crippen MR) is 65.3 cm³/mol. The summed E-state index contributed by atoms with van der Waals surface area (Å²) in [5.74, 6) is -1.01. The molecular formula is C10H18N2O4S. The van der Waals surface area contributed by atoms with Crippen LogP contribution in [0.5, 0.6) is 0 Å². The van der Waals surface area contributed by atoms with Crippen molar-refractivity contribution in [2.24, 2.45) is 0 Å². The van der Waals surface area contributed by atoms with Crippen LogP contribution in [0.15, 0.2) is 0 Å². The van der Waals surface area contributed by atoms with Gasteiger partial charge in [0.1, 0.15) is 6.61 Å². The summed E-state index contributed by atoms with van der Waals surface area (Å²) in [5.41, 5.74) is 0. The molecule has 0 radical (unpaired) electrons. The average molecular weight is 262 g/mol. The fourth-order valence-electron chi connectivity index (χ4n) is 1.29. The summed E-state index contributed by atoms with van der Waals surface area (Å²) in [6, 6.07) is -0.232. The van der Waals surface area contributed by atoms with Crippen molar-refractivity contribution in [1.82, 2.24) is 10.6 Å². The van der Waals surface area contributed by atoms with Crippen LogP contribution in [-0.4, -0.2) is 54.4 Å². The molecule has 0 atom stereocenters. The van der Waals surface area contributed by atoms with Gasteiger partial charge in [0.15, 0.2) is 0 Å². The summed E-state index contributed by atoms with van der Waals surface area (Å²) in [6.45, 7) is 0.855. The molecule has 1 aliphatic rings. The van der Waals surface area contributed by atoms with Crippen LogP contribution in [0.1, 0.15) is 12.8 Å². The van der Waals surface area contributed by atoms with Gasteiger partial charge in [-0.25, -0.2) is 9.59 Å². The number of rotatable bonds is 8. The lowest BCUT2D eigenvalue weighted by atomic mass is 10.4. The molecule has 0 aliphatic heterocycles. The Hall–Kier alpha value is -0.950. The first-order valence-electron chi connectivity index (χ1n) is 5.44. The van der Waals surface area contributed by atoms with Crippen LogP contribution in [-0.2, 0) is 9.53 Å². The lowest BCUT2D eigenvalue weighted by Gasteiger charge is -2.13. The number of aliphatic carboxylic acids is 1. The molecule has 0 aromatic carbocycles. The van der Waals surface area contributed by atoms with Crippen LogP contribution >= 0.6 is 11.8 Å². The molecule has 1 rings (SSSR count). The number of ether oxygens (including phenoxy) is 1. The van der Waals surface area contributed by atoms with Crippen LogP contribution < -0.4 is 10.6 Å². The minimum Gasteiger partial charge on any atom is -0.480 e. The largest absolute Gasteiger partial charge is 0.480 e. The van der Waals surface area contributed by atoms with E-state index < -0.39 is 5.97 Å². The Morgan fingerprint density at radius 1 is 1.41 bits per heavy atom. The highest BCUT2D eigenvalue weighted by molar-refractivity contribution is 8.00. The molecular weight excluding hydrogens is 244 g/mol. The molecule has 3 N–H and O–H groups in total. The normalized spacial score (nSPS) is 16.3. The van der Waals surface area contributed by atoms with Gasteiger partial charge in [-0.1, -0.05) is 0 Å². The molecule has 0 aromatic heterocycles. The molecule has 0 aromatic rings. The lowest BCUT2D eigenvalue weighted by molar-refractivity contribution is -0.142. The van der Waals surface area contributed by atoms with Crippen molar-refractivity contribution < 1.29 is 19.4 Å². The highest BCUT2D eigenvalue weighted by Gasteiger charge is 2.41. The predicted octanol–water partition coefficient (Wildman–Crippen LogP) is 0.282. The molecule has 0 bridgehead atoms. The summed E-state index contributed by atoms with van der Waals surface area (Å²) in [7, 11) is 0. The highest BCUT2D eigenvalue weighted by Crippen LogP contribution is 2.46. The molecule has 2 amide bonds. The zero-order chi connectivity index (χ0) is 12.7. The second-order valence-corrected chi connectivity index (χ2v) is 5.22. The van der Waals surface area contributed by atoms with Crippen molar-refractivity contribution in [2.75, 3.05) is 32.6 Å². The van der Waals surface area contributed by atoms with Crippen molar-refractivity contribution in [3.8, 4) is 0 Å². The van der Waals surface area contributed by atoms with Crippen molar-refractivity contribution in [3.63, 3.8) is 0 Å². The minimum atomic E-state index is -1.01. The number of amides is 2. The van der Waals surface area contributed by atoms with Crippen LogP contribution in [0.2, 0.25) is 0 Å². The molecule has 0 heterocycles. The summed E-state index contributed by atoms with van der Waals surface area (Å²) < 4.78 is 5.03. The van der Waals surface area contributed by atoms with E-state index in [0.717, 1.165) is 12.8 Å². The van der Waals surface area contributed by atoms with Gasteiger partial charge in [0.25, 0.3) is 0 Å². The van der Waals surface area contributed by atoms with Crippen molar-refractivity contribution in [1.29, 1.82) is 0 Å². The first-order valence-corrected chi connectivity index (χ1v) is 6.67. The Morgan fingerprint density at radius 3 is 2.65 bits per heavy atom. The topological polar surface area (TPSA) is 87.7 Å². The molecule has 0 spiro atoms. The van der Waals surface area contributed by atoms with E-state index in [1.54, 1.807) is 11.8 Å². The first-order chi connectivity index (χ1) is 8.08. The van der Waals surface area contributed by atoms with Crippen molar-refractivity contribution in [3.05, 3.63) is 0 Å². The van der Waals surface area contributed by atoms with Crippen molar-refractivity contribution >= 4 is 23.8 Å². The zero-order valence-electron chi connectivity index (χ0n) is 9.82. The molecule has 1 fully saturated rings. The molecule has 0 unspecified atom stereocenters. The van der Waals surface area contributed by atoms with E-state index in [4.69, 9.17) is 9.84 Å². The van der Waals surface area contributed by atoms with E-state index in [-0.39, 0.29) is 24.0 Å². The smallest absolute Gasteiger partial charge is 0.329 e. The Bertz CT molecular complexity index is 281. The maximum atomic E-state index is 11.3. The molecule has 7 heteroatoms. The summed E-state index contributed by atoms with van der Waals surface area (Å²) >= 11 is 1.78. The summed E-state index contributed by atoms with van der Waals surface area (Å²) in [5, 5.41) is 13.7. The Balaban J connectivity index is 1.96. The monoisotopic (exact) mass is 262 g/mol. The molecule has 1 saturated carbocycles. The maximum Gasteiger partial charge on any atom is 0.329 e. The second kappa shape index (κ2) is 6.70. The van der Waals surface area contributed by atoms with Gasteiger partial charge in [-0.3, -0.25) is 0 Å². The number of carboxylic acid groups (broad SMARTS) is 1. The Labute approximate surface area is 104 Å². The number of thioether (sulfide) groups is 1. The van der Waals surface area contributed by atoms with E-state index in [2.05, 4.69) is 10.6 Å². The number of carbonyl (C=O) groups excluding carboxylic acids is 1. The molecule has 98 valence electrons. The van der Waals surface area contributed by atoms with E-state index in [1.807, 2.05) is 6.26 Å². The second-order valence-electron chi connectivity index (χ2n) is 3.94. The number of carbonyl (C=O) groups is 2. The standard InChI is InChI=1S/C10H18N2O4S/c1-17-10(2-3-10)7-12-9(15)11-4-5-16-6-8(13)14/h2-7H2,1H3,(H,13,14)(H2,11,12,15). The summed E-state index contributed by atoms with van der Waals surface area (Å²) in [4.78, 5) is 21.4. The van der Waals surface area contributed by atoms with Gasteiger partial charge in [0, 0.05) is 17.8 Å². The van der Waals surface area contributed by atoms with E-state index >= 15 is 0 Å². The minimum absolute atomic E-state index is 0.202. The third-order valence-electron chi connectivity index (χ3n) is 2.57. The number of nitrogens with one attached hydrogen (secondary N) is 2. The van der Waals surface area contributed by atoms with Crippen LogP contribution in [0.3, 0.4) is 0 Å². The number of carboxylic acids is 1. The van der Waals surface area contributed by atoms with Gasteiger partial charge in [-0.15, -0.1) is 0 Å². The van der Waals surface area contributed by atoms with Crippen LogP contribution in [0.25, 0.3) is 0 Å². The van der Waals surface area contributed by atoms with Gasteiger partial charge >= 0.3 is 12.0 Å². The fraction of sp³-hybridized carbons (Fsp3) is 0.800. The van der Waals surface area contributed by atoms with Crippen LogP contribution in [0, 0.1) is 0 Å². The molecule has 6 nitrogen and oxygen atoms in total. The first kappa shape index (κ1) is 14.1. The summed E-state index contributed by atoms with van der Waals surface area (Å²) in [6.07, 6.45) is 4.35. The molecule has 17 heavy (non-hydrogen) atoms. The third kappa shape index (κ3) is 5.78. The number of hydrogen-bond donors (Lipinski definition) is 3. The maximum absolute atomic E-state index is 11.3. The Morgan fingerprint density at radius 2 is 2.12 bits per heavy atom. The average Bonchev–Trinajstić information content (AvgIpc) is 3.06. The molecule has 0 saturated heterocycles. The third-order valence-corrected chi connectivity index (χ3v) is 3.99. The molecule has 1 aliphatic carbocycles. The quantitative estimate of drug-likeness (QED) is 0.547. The Kier molecular flexibility index (Phi) is 5.57. The van der Waals surface area contributed by atoms with Gasteiger partial charge in [0.05, 0.1) is 6.61 Å². The van der Waals surface area contributed by atoms with Gasteiger partial charge in [-0.05, 0) is 19.1 Å². The highest BCUT2D eigenvalue weighted by atomic mass is 32.2. The van der Waals surface area contributed by atoms with E-state index in [0.29, 0.717) is 13.1 Å².